The number of ketones is 2. The van der Waals surface area contributed by atoms with Gasteiger partial charge in [-0.1, -0.05) is 0 Å². The molecule has 0 spiro atoms. The Hall–Kier alpha value is -1.23. The van der Waals surface area contributed by atoms with Crippen molar-refractivity contribution in [3.63, 3.8) is 0 Å². The van der Waals surface area contributed by atoms with Gasteiger partial charge in [0.2, 0.25) is 0 Å². The molecular formula is C6H8O5. The molecule has 5 heteroatoms. The molecule has 0 bridgehead atoms. The topological polar surface area (TPSA) is 91.7 Å². The van der Waals surface area contributed by atoms with Crippen molar-refractivity contribution in [3.8, 4) is 0 Å². The number of rotatable bonds is 3. The van der Waals surface area contributed by atoms with E-state index in [-0.39, 0.29) is 0 Å². The molecule has 0 amide bonds. The van der Waals surface area contributed by atoms with Crippen molar-refractivity contribution in [2.45, 2.75) is 19.4 Å². The van der Waals surface area contributed by atoms with Gasteiger partial charge in [0, 0.05) is 0 Å². The number of hydrogen-bond donors (Lipinski definition) is 2. The lowest BCUT2D eigenvalue weighted by atomic mass is 9.95. The van der Waals surface area contributed by atoms with Gasteiger partial charge < -0.3 is 10.2 Å². The summed E-state index contributed by atoms with van der Waals surface area (Å²) < 4.78 is 0. The highest BCUT2D eigenvalue weighted by molar-refractivity contribution is 6.24. The molecule has 11 heavy (non-hydrogen) atoms. The molecule has 2 N–H and O–H groups in total. The Balaban J connectivity index is 4.99. The first-order valence-corrected chi connectivity index (χ1v) is 2.81. The fourth-order valence-corrected chi connectivity index (χ4v) is 0.549. The lowest BCUT2D eigenvalue weighted by Crippen LogP contribution is -2.51. The van der Waals surface area contributed by atoms with Gasteiger partial charge in [-0.05, 0) is 13.8 Å². The largest absolute Gasteiger partial charge is 0.478 e. The van der Waals surface area contributed by atoms with Crippen LogP contribution >= 0.6 is 0 Å². The minimum absolute atomic E-state index is 0.843. The number of carbonyl (C=O) groups is 3. The smallest absolute Gasteiger partial charge is 0.351 e. The predicted octanol–water partition coefficient (Wildman–Crippen LogP) is -1.02. The molecule has 0 atom stereocenters. The molecule has 0 heterocycles. The predicted molar refractivity (Wildman–Crippen MR) is 33.9 cm³/mol. The van der Waals surface area contributed by atoms with Crippen molar-refractivity contribution < 1.29 is 24.6 Å². The van der Waals surface area contributed by atoms with Crippen molar-refractivity contribution in [1.82, 2.24) is 0 Å². The third kappa shape index (κ3) is 1.43. The van der Waals surface area contributed by atoms with Crippen LogP contribution in [0.4, 0.5) is 0 Å². The molecule has 5 nitrogen and oxygen atoms in total. The number of carbonyl (C=O) groups excluding carboxylic acids is 2. The van der Waals surface area contributed by atoms with Crippen LogP contribution in [0.3, 0.4) is 0 Å². The summed E-state index contributed by atoms with van der Waals surface area (Å²) in [6.45, 7) is 1.69. The van der Waals surface area contributed by atoms with E-state index in [1.54, 1.807) is 0 Å². The van der Waals surface area contributed by atoms with Crippen LogP contribution in [0.2, 0.25) is 0 Å². The van der Waals surface area contributed by atoms with E-state index >= 15 is 0 Å². The summed E-state index contributed by atoms with van der Waals surface area (Å²) >= 11 is 0. The zero-order valence-electron chi connectivity index (χ0n) is 6.12. The van der Waals surface area contributed by atoms with E-state index < -0.39 is 23.1 Å². The number of carboxylic acids is 1. The van der Waals surface area contributed by atoms with Gasteiger partial charge in [0.25, 0.3) is 5.60 Å². The van der Waals surface area contributed by atoms with Gasteiger partial charge in [-0.3, -0.25) is 9.59 Å². The Morgan fingerprint density at radius 2 is 1.36 bits per heavy atom. The first-order chi connectivity index (χ1) is 4.83. The van der Waals surface area contributed by atoms with Gasteiger partial charge in [-0.25, -0.2) is 4.79 Å². The Kier molecular flexibility index (Phi) is 2.48. The molecule has 0 aliphatic rings. The summed E-state index contributed by atoms with van der Waals surface area (Å²) in [5, 5.41) is 17.2. The van der Waals surface area contributed by atoms with Gasteiger partial charge in [0.15, 0.2) is 11.6 Å². The van der Waals surface area contributed by atoms with Crippen molar-refractivity contribution in [2.24, 2.45) is 0 Å². The van der Waals surface area contributed by atoms with Crippen molar-refractivity contribution >= 4 is 17.5 Å². The number of aliphatic hydroxyl groups is 1. The Morgan fingerprint density at radius 3 is 1.36 bits per heavy atom. The van der Waals surface area contributed by atoms with E-state index in [0.717, 1.165) is 13.8 Å². The molecule has 0 aromatic carbocycles. The van der Waals surface area contributed by atoms with Crippen LogP contribution in [0, 0.1) is 0 Å². The van der Waals surface area contributed by atoms with E-state index in [0.29, 0.717) is 0 Å². The maximum Gasteiger partial charge on any atom is 0.351 e. The molecule has 0 aromatic rings. The number of carboxylic acid groups (broad SMARTS) is 1. The van der Waals surface area contributed by atoms with Crippen LogP contribution in [0.25, 0.3) is 0 Å². The van der Waals surface area contributed by atoms with E-state index in [1.165, 1.54) is 0 Å². The SMILES string of the molecule is CC(=O)C(O)(C(C)=O)C(=O)O. The molecule has 0 aliphatic carbocycles. The van der Waals surface area contributed by atoms with Crippen LogP contribution < -0.4 is 0 Å². The minimum atomic E-state index is -2.86. The Morgan fingerprint density at radius 1 is 1.09 bits per heavy atom. The number of aliphatic carboxylic acids is 1. The Bertz CT molecular complexity index is 181. The third-order valence-electron chi connectivity index (χ3n) is 1.33. The average Bonchev–Trinajstić information content (AvgIpc) is 1.84. The van der Waals surface area contributed by atoms with Gasteiger partial charge in [-0.15, -0.1) is 0 Å². The van der Waals surface area contributed by atoms with Crippen LogP contribution in [-0.4, -0.2) is 33.3 Å². The quantitative estimate of drug-likeness (QED) is 0.515. The third-order valence-corrected chi connectivity index (χ3v) is 1.33. The lowest BCUT2D eigenvalue weighted by Gasteiger charge is -2.15. The highest BCUT2D eigenvalue weighted by Gasteiger charge is 2.46. The average molecular weight is 160 g/mol. The second-order valence-corrected chi connectivity index (χ2v) is 2.13. The molecule has 0 rings (SSSR count). The molecule has 0 fully saturated rings. The van der Waals surface area contributed by atoms with E-state index in [2.05, 4.69) is 0 Å². The fourth-order valence-electron chi connectivity index (χ4n) is 0.549. The van der Waals surface area contributed by atoms with Crippen molar-refractivity contribution in [2.75, 3.05) is 0 Å². The van der Waals surface area contributed by atoms with Gasteiger partial charge in [0.05, 0.1) is 0 Å². The number of hydrogen-bond acceptors (Lipinski definition) is 4. The zero-order valence-corrected chi connectivity index (χ0v) is 6.12. The molecule has 0 aliphatic heterocycles. The fraction of sp³-hybridized carbons (Fsp3) is 0.500. The summed E-state index contributed by atoms with van der Waals surface area (Å²) in [7, 11) is 0. The van der Waals surface area contributed by atoms with Crippen LogP contribution in [0.5, 0.6) is 0 Å². The summed E-state index contributed by atoms with van der Waals surface area (Å²) in [6.07, 6.45) is 0. The number of Topliss-reactive ketones (excluding diaryl/α,β-unsaturated/α-hetero) is 2. The summed E-state index contributed by atoms with van der Waals surface area (Å²) in [5.41, 5.74) is -2.86. The summed E-state index contributed by atoms with van der Waals surface area (Å²) in [5.74, 6) is -4.01. The van der Waals surface area contributed by atoms with E-state index in [4.69, 9.17) is 10.2 Å². The minimum Gasteiger partial charge on any atom is -0.478 e. The van der Waals surface area contributed by atoms with Gasteiger partial charge >= 0.3 is 5.97 Å². The normalized spacial score (nSPS) is 10.8. The first-order valence-electron chi connectivity index (χ1n) is 2.81. The van der Waals surface area contributed by atoms with E-state index in [1.807, 2.05) is 0 Å². The molecule has 0 saturated carbocycles. The molecule has 0 radical (unpaired) electrons. The molecule has 62 valence electrons. The second-order valence-electron chi connectivity index (χ2n) is 2.13. The van der Waals surface area contributed by atoms with Crippen LogP contribution in [0.15, 0.2) is 0 Å². The highest BCUT2D eigenvalue weighted by Crippen LogP contribution is 2.07. The summed E-state index contributed by atoms with van der Waals surface area (Å²) in [6, 6.07) is 0. The molecular weight excluding hydrogens is 152 g/mol. The summed E-state index contributed by atoms with van der Waals surface area (Å²) in [4.78, 5) is 31.2. The lowest BCUT2D eigenvalue weighted by molar-refractivity contribution is -0.168. The molecule has 0 unspecified atom stereocenters. The van der Waals surface area contributed by atoms with Crippen molar-refractivity contribution in [1.29, 1.82) is 0 Å². The second kappa shape index (κ2) is 2.79. The van der Waals surface area contributed by atoms with Gasteiger partial charge in [0.1, 0.15) is 0 Å². The first kappa shape index (κ1) is 9.77. The highest BCUT2D eigenvalue weighted by atomic mass is 16.4. The maximum atomic E-state index is 10.5. The standard InChI is InChI=1S/C6H8O5/c1-3(7)6(11,4(2)8)5(9)10/h11H,1-2H3,(H,9,10). The van der Waals surface area contributed by atoms with Crippen LogP contribution in [0.1, 0.15) is 13.8 Å². The van der Waals surface area contributed by atoms with Crippen molar-refractivity contribution in [3.05, 3.63) is 0 Å². The van der Waals surface area contributed by atoms with E-state index in [9.17, 15) is 14.4 Å². The molecule has 0 aromatic heterocycles. The van der Waals surface area contributed by atoms with Gasteiger partial charge in [-0.2, -0.15) is 0 Å². The maximum absolute atomic E-state index is 10.5. The van der Waals surface area contributed by atoms with Crippen LogP contribution in [-0.2, 0) is 14.4 Å². The Labute approximate surface area is 62.6 Å². The molecule has 0 saturated heterocycles. The zero-order chi connectivity index (χ0) is 9.23. The monoisotopic (exact) mass is 160 g/mol.